The van der Waals surface area contributed by atoms with E-state index in [1.807, 2.05) is 42.5 Å². The number of hydrogen-bond acceptors (Lipinski definition) is 6. The fraction of sp³-hybridized carbons (Fsp3) is 0.576. The van der Waals surface area contributed by atoms with Crippen LogP contribution in [-0.2, 0) is 25.7 Å². The van der Waals surface area contributed by atoms with Gasteiger partial charge in [-0.3, -0.25) is 14.5 Å². The fourth-order valence-electron chi connectivity index (χ4n) is 7.56. The monoisotopic (exact) mass is 564 g/mol. The zero-order chi connectivity index (χ0) is 29.4. The van der Waals surface area contributed by atoms with E-state index in [1.54, 1.807) is 6.07 Å². The van der Waals surface area contributed by atoms with E-state index in [-0.39, 0.29) is 43.5 Å². The Hall–Kier alpha value is -2.78. The van der Waals surface area contributed by atoms with Gasteiger partial charge in [-0.25, -0.2) is 0 Å². The molecule has 2 bridgehead atoms. The Kier molecular flexibility index (Phi) is 8.58. The lowest BCUT2D eigenvalue weighted by Gasteiger charge is -2.43. The average molecular weight is 565 g/mol. The van der Waals surface area contributed by atoms with Gasteiger partial charge < -0.3 is 25.0 Å². The van der Waals surface area contributed by atoms with Crippen LogP contribution in [-0.4, -0.2) is 52.2 Å². The first-order valence-corrected chi connectivity index (χ1v) is 14.8. The predicted molar refractivity (Wildman–Crippen MR) is 156 cm³/mol. The predicted octanol–water partition coefficient (Wildman–Crippen LogP) is 5.67. The number of carbonyl (C=O) groups is 2. The molecule has 2 aliphatic heterocycles. The van der Waals surface area contributed by atoms with Gasteiger partial charge in [-0.2, -0.15) is 0 Å². The third-order valence-corrected chi connectivity index (χ3v) is 9.07. The molecule has 2 saturated heterocycles. The number of nitrogens with one attached hydrogen (secondary N) is 1. The third-order valence-electron chi connectivity index (χ3n) is 9.07. The smallest absolute Gasteiger partial charge is 0.303 e. The Balaban J connectivity index is 1.38. The van der Waals surface area contributed by atoms with Crippen molar-refractivity contribution in [2.75, 3.05) is 18.4 Å². The molecule has 2 aromatic carbocycles. The van der Waals surface area contributed by atoms with Gasteiger partial charge in [-0.1, -0.05) is 64.1 Å². The number of likely N-dealkylation sites (tertiary alicyclic amines) is 1. The van der Waals surface area contributed by atoms with Gasteiger partial charge in [0.15, 0.2) is 6.29 Å². The number of aliphatic carboxylic acids is 1. The highest BCUT2D eigenvalue weighted by Crippen LogP contribution is 2.53. The van der Waals surface area contributed by atoms with Gasteiger partial charge in [0.25, 0.3) is 0 Å². The summed E-state index contributed by atoms with van der Waals surface area (Å²) in [5.74, 6) is -1.26. The van der Waals surface area contributed by atoms with E-state index in [0.29, 0.717) is 22.6 Å². The molecule has 3 aliphatic rings. The SMILES string of the molecule is C[C@@H]1[C@H](CN2CC3(C)CC2CC(C)(C)C3)O[C@H](c2cccc(NC(=O)CCC(=O)O)c2)O[C@@H]1c1ccc(CO)cc1. The summed E-state index contributed by atoms with van der Waals surface area (Å²) in [6.07, 6.45) is 2.43. The van der Waals surface area contributed by atoms with Gasteiger partial charge in [-0.15, -0.1) is 0 Å². The largest absolute Gasteiger partial charge is 0.481 e. The number of anilines is 1. The van der Waals surface area contributed by atoms with Crippen molar-refractivity contribution in [1.82, 2.24) is 4.90 Å². The van der Waals surface area contributed by atoms with Gasteiger partial charge in [-0.05, 0) is 53.4 Å². The van der Waals surface area contributed by atoms with Crippen molar-refractivity contribution in [3.8, 4) is 0 Å². The second-order valence-electron chi connectivity index (χ2n) is 13.5. The number of benzene rings is 2. The summed E-state index contributed by atoms with van der Waals surface area (Å²) in [6, 6.07) is 15.9. The minimum Gasteiger partial charge on any atom is -0.481 e. The first-order valence-electron chi connectivity index (χ1n) is 14.8. The number of rotatable bonds is 9. The summed E-state index contributed by atoms with van der Waals surface area (Å²) in [4.78, 5) is 25.8. The van der Waals surface area contributed by atoms with Crippen molar-refractivity contribution >= 4 is 17.6 Å². The maximum Gasteiger partial charge on any atom is 0.303 e. The number of carbonyl (C=O) groups excluding carboxylic acids is 1. The molecule has 0 radical (unpaired) electrons. The molecule has 2 unspecified atom stereocenters. The fourth-order valence-corrected chi connectivity index (χ4v) is 7.56. The lowest BCUT2D eigenvalue weighted by atomic mass is 9.65. The van der Waals surface area contributed by atoms with Gasteiger partial charge in [0, 0.05) is 42.7 Å². The summed E-state index contributed by atoms with van der Waals surface area (Å²) >= 11 is 0. The normalized spacial score (nSPS) is 31.1. The van der Waals surface area contributed by atoms with Crippen LogP contribution in [0.15, 0.2) is 48.5 Å². The van der Waals surface area contributed by atoms with Crippen LogP contribution < -0.4 is 5.32 Å². The van der Waals surface area contributed by atoms with Crippen molar-refractivity contribution in [3.63, 3.8) is 0 Å². The van der Waals surface area contributed by atoms with E-state index in [1.165, 1.54) is 19.3 Å². The third kappa shape index (κ3) is 7.00. The number of hydrogen-bond donors (Lipinski definition) is 3. The second-order valence-corrected chi connectivity index (χ2v) is 13.5. The molecule has 0 spiro atoms. The van der Waals surface area contributed by atoms with Gasteiger partial charge in [0.2, 0.25) is 5.91 Å². The molecule has 8 nitrogen and oxygen atoms in total. The first-order chi connectivity index (χ1) is 19.4. The molecule has 0 aromatic heterocycles. The zero-order valence-electron chi connectivity index (χ0n) is 24.6. The number of aliphatic hydroxyl groups excluding tert-OH is 1. The van der Waals surface area contributed by atoms with Crippen molar-refractivity contribution in [2.24, 2.45) is 16.7 Å². The zero-order valence-corrected chi connectivity index (χ0v) is 24.6. The van der Waals surface area contributed by atoms with Crippen LogP contribution in [0.2, 0.25) is 0 Å². The molecule has 1 amide bonds. The average Bonchev–Trinajstić information content (AvgIpc) is 3.16. The standard InChI is InChI=1S/C33H44N2O6/c1-21-27(17-35-20-33(4)16-26(35)15-32(2,3)19-33)40-31(41-30(21)23-10-8-22(18-36)9-11-23)24-6-5-7-25(14-24)34-28(37)12-13-29(38)39/h5-11,14,21,26-27,30-31,36H,12-13,15-20H2,1-4H3,(H,34,37)(H,38,39)/t21-,26?,27+,30+,31+,33?/m1/s1. The van der Waals surface area contributed by atoms with Gasteiger partial charge in [0.05, 0.1) is 25.2 Å². The van der Waals surface area contributed by atoms with Crippen LogP contribution in [0.5, 0.6) is 0 Å². The topological polar surface area (TPSA) is 108 Å². The lowest BCUT2D eigenvalue weighted by Crippen LogP contribution is -2.46. The molecule has 2 aromatic rings. The Morgan fingerprint density at radius 3 is 2.49 bits per heavy atom. The molecule has 2 heterocycles. The summed E-state index contributed by atoms with van der Waals surface area (Å²) in [5, 5.41) is 21.3. The number of ether oxygens (including phenoxy) is 2. The summed E-state index contributed by atoms with van der Waals surface area (Å²) in [6.45, 7) is 11.3. The molecule has 6 atom stereocenters. The van der Waals surface area contributed by atoms with Crippen molar-refractivity contribution in [3.05, 3.63) is 65.2 Å². The number of carboxylic acids is 1. The van der Waals surface area contributed by atoms with E-state index in [2.05, 4.69) is 37.9 Å². The van der Waals surface area contributed by atoms with E-state index in [0.717, 1.165) is 29.8 Å². The number of nitrogens with zero attached hydrogens (tertiary/aromatic N) is 1. The number of carboxylic acid groups (broad SMARTS) is 1. The van der Waals surface area contributed by atoms with Gasteiger partial charge in [0.1, 0.15) is 0 Å². The number of aliphatic hydroxyl groups is 1. The molecule has 3 fully saturated rings. The second kappa shape index (κ2) is 11.8. The Morgan fingerprint density at radius 1 is 1.02 bits per heavy atom. The number of fused-ring (bicyclic) bond motifs is 2. The quantitative estimate of drug-likeness (QED) is 0.360. The van der Waals surface area contributed by atoms with Gasteiger partial charge >= 0.3 is 5.97 Å². The van der Waals surface area contributed by atoms with Crippen LogP contribution in [0.3, 0.4) is 0 Å². The Bertz CT molecular complexity index is 1250. The summed E-state index contributed by atoms with van der Waals surface area (Å²) in [7, 11) is 0. The first kappa shape index (κ1) is 29.7. The van der Waals surface area contributed by atoms with E-state index in [4.69, 9.17) is 14.6 Å². The van der Waals surface area contributed by atoms with Crippen LogP contribution in [0.1, 0.15) is 88.9 Å². The summed E-state index contributed by atoms with van der Waals surface area (Å²) in [5.41, 5.74) is 3.93. The van der Waals surface area contributed by atoms with E-state index in [9.17, 15) is 14.7 Å². The molecule has 3 N–H and O–H groups in total. The molecule has 1 aliphatic carbocycles. The Labute approximate surface area is 243 Å². The van der Waals surface area contributed by atoms with Crippen LogP contribution in [0.25, 0.3) is 0 Å². The molecule has 8 heteroatoms. The Morgan fingerprint density at radius 2 is 1.78 bits per heavy atom. The lowest BCUT2D eigenvalue weighted by molar-refractivity contribution is -0.276. The van der Waals surface area contributed by atoms with Crippen LogP contribution >= 0.6 is 0 Å². The molecule has 1 saturated carbocycles. The number of amides is 1. The highest BCUT2D eigenvalue weighted by atomic mass is 16.7. The highest BCUT2D eigenvalue weighted by Gasteiger charge is 2.51. The molecule has 222 valence electrons. The minimum atomic E-state index is -1.00. The maximum absolute atomic E-state index is 12.3. The highest BCUT2D eigenvalue weighted by molar-refractivity contribution is 5.92. The van der Waals surface area contributed by atoms with Crippen LogP contribution in [0.4, 0.5) is 5.69 Å². The van der Waals surface area contributed by atoms with E-state index < -0.39 is 12.3 Å². The van der Waals surface area contributed by atoms with Crippen LogP contribution in [0, 0.1) is 16.7 Å². The summed E-state index contributed by atoms with van der Waals surface area (Å²) < 4.78 is 13.3. The minimum absolute atomic E-state index is 0.00778. The molecular weight excluding hydrogens is 520 g/mol. The molecule has 5 rings (SSSR count). The van der Waals surface area contributed by atoms with E-state index >= 15 is 0 Å². The van der Waals surface area contributed by atoms with Crippen molar-refractivity contribution in [2.45, 2.75) is 90.9 Å². The maximum atomic E-state index is 12.3. The van der Waals surface area contributed by atoms with Crippen molar-refractivity contribution < 1.29 is 29.3 Å². The molecular formula is C33H44N2O6. The molecule has 41 heavy (non-hydrogen) atoms. The van der Waals surface area contributed by atoms with Crippen molar-refractivity contribution in [1.29, 1.82) is 0 Å².